The Morgan fingerprint density at radius 1 is 1.60 bits per heavy atom. The van der Waals surface area contributed by atoms with Crippen molar-refractivity contribution < 1.29 is 14.7 Å². The van der Waals surface area contributed by atoms with Crippen LogP contribution in [0.15, 0.2) is 0 Å². The highest BCUT2D eigenvalue weighted by Gasteiger charge is 2.14. The molecule has 0 spiro atoms. The van der Waals surface area contributed by atoms with Crippen LogP contribution in [-0.4, -0.2) is 23.0 Å². The topological polar surface area (TPSA) is 66.4 Å². The fourth-order valence-corrected chi connectivity index (χ4v) is 0.584. The summed E-state index contributed by atoms with van der Waals surface area (Å²) in [5, 5.41) is 10.7. The Morgan fingerprint density at radius 2 is 2.10 bits per heavy atom. The number of nitrogens with one attached hydrogen (secondary N) is 1. The molecule has 0 fully saturated rings. The van der Waals surface area contributed by atoms with Crippen LogP contribution in [-0.2, 0) is 9.59 Å². The molecule has 1 amide bonds. The van der Waals surface area contributed by atoms with Crippen LogP contribution in [0.1, 0.15) is 20.3 Å². The lowest BCUT2D eigenvalue weighted by atomic mass is 10.2. The summed E-state index contributed by atoms with van der Waals surface area (Å²) in [7, 11) is 0. The molecule has 1 atom stereocenters. The van der Waals surface area contributed by atoms with Crippen LogP contribution in [0.25, 0.3) is 0 Å². The van der Waals surface area contributed by atoms with E-state index in [2.05, 4.69) is 5.32 Å². The molecule has 0 radical (unpaired) electrons. The van der Waals surface area contributed by atoms with Crippen molar-refractivity contribution >= 4 is 11.9 Å². The number of rotatable bonds is 3. The monoisotopic (exact) mass is 145 g/mol. The van der Waals surface area contributed by atoms with Gasteiger partial charge >= 0.3 is 5.97 Å². The molecular weight excluding hydrogens is 134 g/mol. The van der Waals surface area contributed by atoms with Crippen LogP contribution in [0.3, 0.4) is 0 Å². The van der Waals surface area contributed by atoms with Gasteiger partial charge in [-0.1, -0.05) is 6.92 Å². The summed E-state index contributed by atoms with van der Waals surface area (Å²) in [5.74, 6) is -1.30. The van der Waals surface area contributed by atoms with Crippen LogP contribution in [0.4, 0.5) is 0 Å². The first-order valence-corrected chi connectivity index (χ1v) is 3.07. The Bertz CT molecular complexity index is 144. The molecule has 0 saturated carbocycles. The molecule has 0 aromatic carbocycles. The third-order valence-corrected chi connectivity index (χ3v) is 1.08. The van der Waals surface area contributed by atoms with Gasteiger partial charge in [0.15, 0.2) is 0 Å². The van der Waals surface area contributed by atoms with Crippen LogP contribution in [0.5, 0.6) is 0 Å². The largest absolute Gasteiger partial charge is 0.480 e. The smallest absolute Gasteiger partial charge is 0.326 e. The van der Waals surface area contributed by atoms with E-state index < -0.39 is 12.0 Å². The van der Waals surface area contributed by atoms with Gasteiger partial charge in [-0.3, -0.25) is 4.79 Å². The van der Waals surface area contributed by atoms with Gasteiger partial charge in [-0.15, -0.1) is 0 Å². The van der Waals surface area contributed by atoms with Crippen molar-refractivity contribution in [2.24, 2.45) is 0 Å². The molecule has 0 heterocycles. The van der Waals surface area contributed by atoms with E-state index in [1.165, 1.54) is 6.92 Å². The zero-order valence-corrected chi connectivity index (χ0v) is 6.05. The third-order valence-electron chi connectivity index (χ3n) is 1.08. The average molecular weight is 145 g/mol. The molecule has 0 rings (SSSR count). The molecule has 0 aliphatic rings. The first-order chi connectivity index (χ1) is 4.57. The zero-order chi connectivity index (χ0) is 8.15. The number of carbonyl (C=O) groups excluding carboxylic acids is 1. The summed E-state index contributed by atoms with van der Waals surface area (Å²) >= 11 is 0. The van der Waals surface area contributed by atoms with E-state index in [4.69, 9.17) is 5.11 Å². The highest BCUT2D eigenvalue weighted by atomic mass is 16.4. The Hall–Kier alpha value is -1.06. The Labute approximate surface area is 59.2 Å². The molecule has 0 bridgehead atoms. The quantitative estimate of drug-likeness (QED) is 0.586. The number of aliphatic carboxylic acids is 1. The molecule has 4 nitrogen and oxygen atoms in total. The molecule has 0 aromatic heterocycles. The minimum atomic E-state index is -0.988. The summed E-state index contributed by atoms with van der Waals surface area (Å²) in [6, 6.07) is -0.738. The Morgan fingerprint density at radius 3 is 2.20 bits per heavy atom. The van der Waals surface area contributed by atoms with Gasteiger partial charge in [-0.25, -0.2) is 4.79 Å². The van der Waals surface area contributed by atoms with Gasteiger partial charge in [-0.2, -0.15) is 0 Å². The highest BCUT2D eigenvalue weighted by molar-refractivity contribution is 5.81. The lowest BCUT2D eigenvalue weighted by molar-refractivity contribution is -0.141. The van der Waals surface area contributed by atoms with Crippen molar-refractivity contribution in [3.63, 3.8) is 0 Å². The van der Waals surface area contributed by atoms with E-state index >= 15 is 0 Å². The summed E-state index contributed by atoms with van der Waals surface area (Å²) in [5.41, 5.74) is 0. The SMILES string of the molecule is CCC(NC(C)=O)C(=O)O. The molecule has 1 unspecified atom stereocenters. The maximum Gasteiger partial charge on any atom is 0.326 e. The van der Waals surface area contributed by atoms with E-state index in [-0.39, 0.29) is 5.91 Å². The van der Waals surface area contributed by atoms with Gasteiger partial charge in [0, 0.05) is 6.92 Å². The van der Waals surface area contributed by atoms with Gasteiger partial charge in [-0.05, 0) is 6.42 Å². The van der Waals surface area contributed by atoms with Gasteiger partial charge in [0.25, 0.3) is 0 Å². The normalized spacial score (nSPS) is 12.2. The van der Waals surface area contributed by atoms with Crippen molar-refractivity contribution in [3.8, 4) is 0 Å². The number of hydrogen-bond acceptors (Lipinski definition) is 2. The zero-order valence-electron chi connectivity index (χ0n) is 6.05. The average Bonchev–Trinajstić information content (AvgIpc) is 1.81. The second kappa shape index (κ2) is 3.87. The summed E-state index contributed by atoms with van der Waals surface area (Å²) < 4.78 is 0. The van der Waals surface area contributed by atoms with E-state index in [1.807, 2.05) is 0 Å². The molecule has 2 N–H and O–H groups in total. The molecule has 58 valence electrons. The second-order valence-corrected chi connectivity index (χ2v) is 2.00. The van der Waals surface area contributed by atoms with Gasteiger partial charge in [0.05, 0.1) is 0 Å². The van der Waals surface area contributed by atoms with Crippen molar-refractivity contribution in [2.45, 2.75) is 26.3 Å². The molecule has 4 heteroatoms. The molecular formula is C6H11NO3. The van der Waals surface area contributed by atoms with Crippen LogP contribution in [0.2, 0.25) is 0 Å². The minimum Gasteiger partial charge on any atom is -0.480 e. The van der Waals surface area contributed by atoms with Crippen molar-refractivity contribution in [3.05, 3.63) is 0 Å². The first kappa shape index (κ1) is 8.94. The van der Waals surface area contributed by atoms with Gasteiger partial charge in [0.2, 0.25) is 5.91 Å². The summed E-state index contributed by atoms with van der Waals surface area (Å²) in [6.07, 6.45) is 0.412. The van der Waals surface area contributed by atoms with E-state index in [9.17, 15) is 9.59 Å². The highest BCUT2D eigenvalue weighted by Crippen LogP contribution is 1.89. The number of amides is 1. The van der Waals surface area contributed by atoms with Crippen molar-refractivity contribution in [1.82, 2.24) is 5.32 Å². The molecule has 0 aliphatic heterocycles. The van der Waals surface area contributed by atoms with E-state index in [0.717, 1.165) is 0 Å². The third kappa shape index (κ3) is 3.06. The number of carboxylic acid groups (broad SMARTS) is 1. The predicted molar refractivity (Wildman–Crippen MR) is 35.5 cm³/mol. The molecule has 0 aromatic rings. The predicted octanol–water partition coefficient (Wildman–Crippen LogP) is -0.0143. The minimum absolute atomic E-state index is 0.311. The van der Waals surface area contributed by atoms with E-state index in [1.54, 1.807) is 6.92 Å². The van der Waals surface area contributed by atoms with Crippen LogP contribution < -0.4 is 5.32 Å². The second-order valence-electron chi connectivity index (χ2n) is 2.00. The van der Waals surface area contributed by atoms with Gasteiger partial charge in [0.1, 0.15) is 6.04 Å². The first-order valence-electron chi connectivity index (χ1n) is 3.07. The lowest BCUT2D eigenvalue weighted by Gasteiger charge is -2.08. The number of hydrogen-bond donors (Lipinski definition) is 2. The maximum absolute atomic E-state index is 10.3. The summed E-state index contributed by atoms with van der Waals surface area (Å²) in [4.78, 5) is 20.6. The fraction of sp³-hybridized carbons (Fsp3) is 0.667. The molecule has 10 heavy (non-hydrogen) atoms. The fourth-order valence-electron chi connectivity index (χ4n) is 0.584. The molecule has 0 aliphatic carbocycles. The Balaban J connectivity index is 3.83. The van der Waals surface area contributed by atoms with Crippen molar-refractivity contribution in [2.75, 3.05) is 0 Å². The van der Waals surface area contributed by atoms with Crippen LogP contribution in [0, 0.1) is 0 Å². The summed E-state index contributed by atoms with van der Waals surface area (Å²) in [6.45, 7) is 3.00. The lowest BCUT2D eigenvalue weighted by Crippen LogP contribution is -2.38. The number of carbonyl (C=O) groups is 2. The molecule has 0 saturated heterocycles. The van der Waals surface area contributed by atoms with E-state index in [0.29, 0.717) is 6.42 Å². The maximum atomic E-state index is 10.3. The standard InChI is InChI=1S/C6H11NO3/c1-3-5(6(9)10)7-4(2)8/h5H,3H2,1-2H3,(H,7,8)(H,9,10). The Kier molecular flexibility index (Phi) is 3.46. The van der Waals surface area contributed by atoms with Crippen molar-refractivity contribution in [1.29, 1.82) is 0 Å². The van der Waals surface area contributed by atoms with Gasteiger partial charge < -0.3 is 10.4 Å². The number of carboxylic acids is 1. The van der Waals surface area contributed by atoms with Crippen LogP contribution >= 0.6 is 0 Å².